The Morgan fingerprint density at radius 3 is 2.93 bits per heavy atom. The van der Waals surface area contributed by atoms with Crippen LogP contribution in [0.4, 0.5) is 0 Å². The van der Waals surface area contributed by atoms with Crippen molar-refractivity contribution in [3.63, 3.8) is 0 Å². The van der Waals surface area contributed by atoms with E-state index in [2.05, 4.69) is 6.58 Å². The minimum Gasteiger partial charge on any atom is -0.377 e. The summed E-state index contributed by atoms with van der Waals surface area (Å²) in [6, 6.07) is 0. The molecule has 0 aromatic carbocycles. The predicted octanol–water partition coefficient (Wildman–Crippen LogP) is 1.59. The van der Waals surface area contributed by atoms with E-state index in [1.165, 1.54) is 6.42 Å². The molecule has 0 radical (unpaired) electrons. The van der Waals surface area contributed by atoms with Gasteiger partial charge >= 0.3 is 0 Å². The van der Waals surface area contributed by atoms with Crippen LogP contribution >= 0.6 is 0 Å². The Labute approximate surface area is 90.4 Å². The highest BCUT2D eigenvalue weighted by molar-refractivity contribution is 5.11. The molecule has 0 amide bonds. The molecule has 1 heterocycles. The van der Waals surface area contributed by atoms with Crippen LogP contribution < -0.4 is 0 Å². The Kier molecular flexibility index (Phi) is 2.34. The summed E-state index contributed by atoms with van der Waals surface area (Å²) in [5.41, 5.74) is 0. The highest BCUT2D eigenvalue weighted by atomic mass is 16.7. The van der Waals surface area contributed by atoms with Gasteiger partial charge in [0.2, 0.25) is 0 Å². The van der Waals surface area contributed by atoms with E-state index in [4.69, 9.17) is 14.2 Å². The molecular weight excluding hydrogens is 192 g/mol. The van der Waals surface area contributed by atoms with Crippen molar-refractivity contribution in [2.75, 3.05) is 26.4 Å². The normalized spacial score (nSPS) is 40.7. The predicted molar refractivity (Wildman–Crippen MR) is 55.4 cm³/mol. The molecule has 1 spiro atoms. The fraction of sp³-hybridized carbons (Fsp3) is 0.833. The topological polar surface area (TPSA) is 27.7 Å². The van der Waals surface area contributed by atoms with Gasteiger partial charge in [-0.3, -0.25) is 0 Å². The zero-order valence-electron chi connectivity index (χ0n) is 8.98. The van der Waals surface area contributed by atoms with E-state index < -0.39 is 0 Å². The van der Waals surface area contributed by atoms with E-state index in [1.807, 2.05) is 0 Å². The average molecular weight is 210 g/mol. The van der Waals surface area contributed by atoms with E-state index in [0.29, 0.717) is 18.4 Å². The van der Waals surface area contributed by atoms with E-state index >= 15 is 0 Å². The Balaban J connectivity index is 1.57. The molecule has 0 N–H and O–H groups in total. The third-order valence-electron chi connectivity index (χ3n) is 3.99. The van der Waals surface area contributed by atoms with Crippen molar-refractivity contribution < 1.29 is 14.2 Å². The summed E-state index contributed by atoms with van der Waals surface area (Å²) in [6.07, 6.45) is 4.13. The van der Waals surface area contributed by atoms with Crippen LogP contribution in [0.3, 0.4) is 0 Å². The maximum Gasteiger partial charge on any atom is 0.171 e. The smallest absolute Gasteiger partial charge is 0.171 e. The lowest BCUT2D eigenvalue weighted by Gasteiger charge is -2.25. The van der Waals surface area contributed by atoms with Gasteiger partial charge in [0.25, 0.3) is 0 Å². The van der Waals surface area contributed by atoms with Crippen molar-refractivity contribution in [1.82, 2.24) is 0 Å². The van der Waals surface area contributed by atoms with Crippen molar-refractivity contribution in [3.05, 3.63) is 12.7 Å². The van der Waals surface area contributed by atoms with Gasteiger partial charge in [-0.25, -0.2) is 0 Å². The van der Waals surface area contributed by atoms with Crippen LogP contribution in [0.15, 0.2) is 12.7 Å². The third-order valence-corrected chi connectivity index (χ3v) is 3.99. The molecule has 2 saturated carbocycles. The lowest BCUT2D eigenvalue weighted by atomic mass is 10.1. The van der Waals surface area contributed by atoms with Crippen molar-refractivity contribution in [2.24, 2.45) is 17.8 Å². The number of rotatable bonds is 4. The van der Waals surface area contributed by atoms with Crippen molar-refractivity contribution in [1.29, 1.82) is 0 Å². The highest BCUT2D eigenvalue weighted by Crippen LogP contribution is 2.64. The molecule has 1 saturated heterocycles. The van der Waals surface area contributed by atoms with Gasteiger partial charge in [-0.1, -0.05) is 6.08 Å². The summed E-state index contributed by atoms with van der Waals surface area (Å²) < 4.78 is 17.1. The molecule has 3 atom stereocenters. The Morgan fingerprint density at radius 1 is 1.40 bits per heavy atom. The molecule has 3 rings (SSSR count). The molecule has 3 heteroatoms. The molecule has 0 aromatic heterocycles. The van der Waals surface area contributed by atoms with Gasteiger partial charge in [-0.05, 0) is 18.3 Å². The zero-order valence-corrected chi connectivity index (χ0v) is 8.98. The van der Waals surface area contributed by atoms with Crippen LogP contribution in [0.5, 0.6) is 0 Å². The minimum atomic E-state index is -0.215. The fourth-order valence-corrected chi connectivity index (χ4v) is 3.35. The van der Waals surface area contributed by atoms with Crippen molar-refractivity contribution in [3.8, 4) is 0 Å². The van der Waals surface area contributed by atoms with Crippen LogP contribution in [0.2, 0.25) is 0 Å². The molecule has 3 fully saturated rings. The SMILES string of the molecule is C=CCOCC1C2CCC3(OCCO3)C21. The number of hydrogen-bond donors (Lipinski definition) is 0. The molecular formula is C12H18O3. The monoisotopic (exact) mass is 210 g/mol. The molecule has 84 valence electrons. The van der Waals surface area contributed by atoms with E-state index in [-0.39, 0.29) is 5.79 Å². The molecule has 15 heavy (non-hydrogen) atoms. The van der Waals surface area contributed by atoms with Crippen LogP contribution in [-0.2, 0) is 14.2 Å². The third kappa shape index (κ3) is 1.45. The van der Waals surface area contributed by atoms with Crippen molar-refractivity contribution in [2.45, 2.75) is 18.6 Å². The molecule has 0 bridgehead atoms. The first-order valence-electron chi connectivity index (χ1n) is 5.84. The second-order valence-electron chi connectivity index (χ2n) is 4.73. The second-order valence-corrected chi connectivity index (χ2v) is 4.73. The molecule has 3 nitrogen and oxygen atoms in total. The maximum absolute atomic E-state index is 5.79. The summed E-state index contributed by atoms with van der Waals surface area (Å²) in [5.74, 6) is 1.84. The Hall–Kier alpha value is -0.380. The maximum atomic E-state index is 5.79. The van der Waals surface area contributed by atoms with Crippen LogP contribution in [0.25, 0.3) is 0 Å². The number of fused-ring (bicyclic) bond motifs is 2. The van der Waals surface area contributed by atoms with Crippen LogP contribution in [0.1, 0.15) is 12.8 Å². The van der Waals surface area contributed by atoms with Gasteiger partial charge in [-0.2, -0.15) is 0 Å². The first-order chi connectivity index (χ1) is 7.37. The first kappa shape index (κ1) is 9.82. The average Bonchev–Trinajstić information content (AvgIpc) is 2.64. The van der Waals surface area contributed by atoms with E-state index in [1.54, 1.807) is 6.08 Å². The Morgan fingerprint density at radius 2 is 2.20 bits per heavy atom. The minimum absolute atomic E-state index is 0.215. The summed E-state index contributed by atoms with van der Waals surface area (Å²) in [4.78, 5) is 0. The first-order valence-corrected chi connectivity index (χ1v) is 5.84. The van der Waals surface area contributed by atoms with Gasteiger partial charge in [0.1, 0.15) is 0 Å². The van der Waals surface area contributed by atoms with Gasteiger partial charge in [0, 0.05) is 12.3 Å². The highest BCUT2D eigenvalue weighted by Gasteiger charge is 2.68. The molecule has 3 aliphatic rings. The summed E-state index contributed by atoms with van der Waals surface area (Å²) >= 11 is 0. The molecule has 3 unspecified atom stereocenters. The zero-order chi connectivity index (χ0) is 10.3. The summed E-state index contributed by atoms with van der Waals surface area (Å²) in [5, 5.41) is 0. The molecule has 1 aliphatic heterocycles. The van der Waals surface area contributed by atoms with Gasteiger partial charge in [-0.15, -0.1) is 6.58 Å². The standard InChI is InChI=1S/C12H18O3/c1-2-5-13-8-10-9-3-4-12(11(9)10)14-6-7-15-12/h2,9-11H,1,3-8H2. The fourth-order valence-electron chi connectivity index (χ4n) is 3.35. The largest absolute Gasteiger partial charge is 0.377 e. The van der Waals surface area contributed by atoms with E-state index in [9.17, 15) is 0 Å². The summed E-state index contributed by atoms with van der Waals surface area (Å²) in [7, 11) is 0. The molecule has 2 aliphatic carbocycles. The molecule has 0 aromatic rings. The lowest BCUT2D eigenvalue weighted by molar-refractivity contribution is -0.172. The second kappa shape index (κ2) is 3.58. The number of ether oxygens (including phenoxy) is 3. The van der Waals surface area contributed by atoms with Crippen molar-refractivity contribution >= 4 is 0 Å². The van der Waals surface area contributed by atoms with E-state index in [0.717, 1.165) is 32.2 Å². The quantitative estimate of drug-likeness (QED) is 0.521. The number of hydrogen-bond acceptors (Lipinski definition) is 3. The van der Waals surface area contributed by atoms with Gasteiger partial charge < -0.3 is 14.2 Å². The Bertz CT molecular complexity index is 252. The van der Waals surface area contributed by atoms with Crippen LogP contribution in [-0.4, -0.2) is 32.2 Å². The summed E-state index contributed by atoms with van der Waals surface area (Å²) in [6.45, 7) is 6.68. The van der Waals surface area contributed by atoms with Crippen LogP contribution in [0, 0.1) is 17.8 Å². The van der Waals surface area contributed by atoms with Gasteiger partial charge in [0.05, 0.1) is 26.4 Å². The lowest BCUT2D eigenvalue weighted by Crippen LogP contribution is -2.31. The van der Waals surface area contributed by atoms with Gasteiger partial charge in [0.15, 0.2) is 5.79 Å².